The molecule has 0 spiro atoms. The minimum Gasteiger partial charge on any atom is -0.493 e. The van der Waals surface area contributed by atoms with Crippen LogP contribution in [-0.4, -0.2) is 30.7 Å². The van der Waals surface area contributed by atoms with Crippen LogP contribution in [0.2, 0.25) is 0 Å². The van der Waals surface area contributed by atoms with Crippen molar-refractivity contribution in [1.82, 2.24) is 9.88 Å². The smallest absolute Gasteiger partial charge is 0.258 e. The Kier molecular flexibility index (Phi) is 5.01. The standard InChI is InChI=1S/C19H20N2O3/c1-23-17-8-4-5-9-18(17)24-14-19(22)20-11-13-21-12-10-15-6-2-3-7-16(15)21/h2-10,12H,11,13-14H2,1H3,(H,20,22). The summed E-state index contributed by atoms with van der Waals surface area (Å²) in [7, 11) is 1.57. The molecule has 0 aliphatic rings. The highest BCUT2D eigenvalue weighted by Gasteiger charge is 2.07. The molecule has 0 fully saturated rings. The number of hydrogen-bond acceptors (Lipinski definition) is 3. The Morgan fingerprint density at radius 1 is 1.04 bits per heavy atom. The van der Waals surface area contributed by atoms with Crippen molar-refractivity contribution in [2.75, 3.05) is 20.3 Å². The topological polar surface area (TPSA) is 52.5 Å². The van der Waals surface area contributed by atoms with Gasteiger partial charge in [-0.25, -0.2) is 0 Å². The summed E-state index contributed by atoms with van der Waals surface area (Å²) in [5.74, 6) is 1.02. The van der Waals surface area contributed by atoms with E-state index >= 15 is 0 Å². The minimum absolute atomic E-state index is 0.0349. The van der Waals surface area contributed by atoms with Gasteiger partial charge in [0.1, 0.15) is 0 Å². The molecular formula is C19H20N2O3. The zero-order chi connectivity index (χ0) is 16.8. The summed E-state index contributed by atoms with van der Waals surface area (Å²) in [6.07, 6.45) is 2.03. The van der Waals surface area contributed by atoms with Crippen LogP contribution in [-0.2, 0) is 11.3 Å². The summed E-state index contributed by atoms with van der Waals surface area (Å²) in [6, 6.07) is 17.5. The zero-order valence-electron chi connectivity index (χ0n) is 13.6. The number of hydrogen-bond donors (Lipinski definition) is 1. The number of ether oxygens (including phenoxy) is 2. The molecule has 0 atom stereocenters. The van der Waals surface area contributed by atoms with Crippen molar-refractivity contribution in [3.63, 3.8) is 0 Å². The third-order valence-electron chi connectivity index (χ3n) is 3.78. The van der Waals surface area contributed by atoms with Crippen molar-refractivity contribution in [1.29, 1.82) is 0 Å². The van der Waals surface area contributed by atoms with E-state index in [9.17, 15) is 4.79 Å². The normalized spacial score (nSPS) is 10.5. The van der Waals surface area contributed by atoms with Gasteiger partial charge in [0.15, 0.2) is 18.1 Å². The average molecular weight is 324 g/mol. The number of carbonyl (C=O) groups is 1. The fourth-order valence-corrected chi connectivity index (χ4v) is 2.58. The molecule has 0 unspecified atom stereocenters. The van der Waals surface area contributed by atoms with Crippen LogP contribution in [0.3, 0.4) is 0 Å². The summed E-state index contributed by atoms with van der Waals surface area (Å²) >= 11 is 0. The molecular weight excluding hydrogens is 304 g/mol. The number of methoxy groups -OCH3 is 1. The molecule has 5 nitrogen and oxygen atoms in total. The number of carbonyl (C=O) groups excluding carboxylic acids is 1. The first-order valence-corrected chi connectivity index (χ1v) is 7.84. The van der Waals surface area contributed by atoms with Crippen molar-refractivity contribution in [2.24, 2.45) is 0 Å². The number of rotatable bonds is 7. The molecule has 3 rings (SSSR count). The Balaban J connectivity index is 1.47. The van der Waals surface area contributed by atoms with Gasteiger partial charge in [-0.3, -0.25) is 4.79 Å². The highest BCUT2D eigenvalue weighted by atomic mass is 16.5. The fourth-order valence-electron chi connectivity index (χ4n) is 2.58. The van der Waals surface area contributed by atoms with Crippen LogP contribution in [0.25, 0.3) is 10.9 Å². The molecule has 2 aromatic carbocycles. The first kappa shape index (κ1) is 15.9. The van der Waals surface area contributed by atoms with Crippen molar-refractivity contribution >= 4 is 16.8 Å². The lowest BCUT2D eigenvalue weighted by atomic mass is 10.2. The molecule has 0 aliphatic carbocycles. The average Bonchev–Trinajstić information content (AvgIpc) is 3.03. The number of benzene rings is 2. The van der Waals surface area contributed by atoms with Gasteiger partial charge in [-0.1, -0.05) is 30.3 Å². The molecule has 1 amide bonds. The fraction of sp³-hybridized carbons (Fsp3) is 0.211. The largest absolute Gasteiger partial charge is 0.493 e. The van der Waals surface area contributed by atoms with Crippen LogP contribution >= 0.6 is 0 Å². The van der Waals surface area contributed by atoms with E-state index in [-0.39, 0.29) is 12.5 Å². The van der Waals surface area contributed by atoms with Crippen LogP contribution in [0.4, 0.5) is 0 Å². The van der Waals surface area contributed by atoms with E-state index < -0.39 is 0 Å². The van der Waals surface area contributed by atoms with Crippen LogP contribution in [0.15, 0.2) is 60.8 Å². The quantitative estimate of drug-likeness (QED) is 0.727. The predicted octanol–water partition coefficient (Wildman–Crippen LogP) is 2.85. The van der Waals surface area contributed by atoms with Gasteiger partial charge in [0, 0.05) is 24.8 Å². The molecule has 0 aliphatic heterocycles. The lowest BCUT2D eigenvalue weighted by molar-refractivity contribution is -0.123. The maximum Gasteiger partial charge on any atom is 0.258 e. The van der Waals surface area contributed by atoms with Gasteiger partial charge in [-0.05, 0) is 29.7 Å². The van der Waals surface area contributed by atoms with E-state index in [1.165, 1.54) is 5.39 Å². The van der Waals surface area contributed by atoms with Crippen molar-refractivity contribution in [3.05, 3.63) is 60.8 Å². The first-order valence-electron chi connectivity index (χ1n) is 7.84. The molecule has 0 saturated carbocycles. The Hall–Kier alpha value is -2.95. The molecule has 124 valence electrons. The SMILES string of the molecule is COc1ccccc1OCC(=O)NCCn1ccc2ccccc21. The highest BCUT2D eigenvalue weighted by molar-refractivity contribution is 5.80. The number of aromatic nitrogens is 1. The van der Waals surface area contributed by atoms with Gasteiger partial charge in [0.2, 0.25) is 0 Å². The number of nitrogens with one attached hydrogen (secondary N) is 1. The van der Waals surface area contributed by atoms with Crippen LogP contribution in [0.1, 0.15) is 0 Å². The van der Waals surface area contributed by atoms with Gasteiger partial charge in [-0.15, -0.1) is 0 Å². The van der Waals surface area contributed by atoms with Crippen molar-refractivity contribution in [3.8, 4) is 11.5 Å². The first-order chi connectivity index (χ1) is 11.8. The van der Waals surface area contributed by atoms with Crippen LogP contribution in [0, 0.1) is 0 Å². The van der Waals surface area contributed by atoms with E-state index in [0.29, 0.717) is 24.6 Å². The number of para-hydroxylation sites is 3. The monoisotopic (exact) mass is 324 g/mol. The molecule has 24 heavy (non-hydrogen) atoms. The molecule has 0 radical (unpaired) electrons. The van der Waals surface area contributed by atoms with Crippen LogP contribution in [0.5, 0.6) is 11.5 Å². The summed E-state index contributed by atoms with van der Waals surface area (Å²) < 4.78 is 12.8. The second-order valence-electron chi connectivity index (χ2n) is 5.36. The van der Waals surface area contributed by atoms with E-state index in [1.54, 1.807) is 19.2 Å². The summed E-state index contributed by atoms with van der Waals surface area (Å²) in [5.41, 5.74) is 1.16. The van der Waals surface area contributed by atoms with E-state index in [4.69, 9.17) is 9.47 Å². The Morgan fingerprint density at radius 2 is 1.79 bits per heavy atom. The van der Waals surface area contributed by atoms with E-state index in [2.05, 4.69) is 28.1 Å². The maximum atomic E-state index is 11.9. The minimum atomic E-state index is -0.155. The Morgan fingerprint density at radius 3 is 2.62 bits per heavy atom. The van der Waals surface area contributed by atoms with Gasteiger partial charge >= 0.3 is 0 Å². The third-order valence-corrected chi connectivity index (χ3v) is 3.78. The van der Waals surface area contributed by atoms with E-state index in [1.807, 2.05) is 30.5 Å². The summed E-state index contributed by atoms with van der Waals surface area (Å²) in [4.78, 5) is 11.9. The lowest BCUT2D eigenvalue weighted by Crippen LogP contribution is -2.31. The lowest BCUT2D eigenvalue weighted by Gasteiger charge is -2.11. The van der Waals surface area contributed by atoms with Gasteiger partial charge < -0.3 is 19.4 Å². The molecule has 0 bridgehead atoms. The zero-order valence-corrected chi connectivity index (χ0v) is 13.6. The second kappa shape index (κ2) is 7.55. The van der Waals surface area contributed by atoms with Gasteiger partial charge in [-0.2, -0.15) is 0 Å². The Bertz CT molecular complexity index is 826. The number of amides is 1. The third kappa shape index (κ3) is 3.68. The van der Waals surface area contributed by atoms with Crippen molar-refractivity contribution in [2.45, 2.75) is 6.54 Å². The maximum absolute atomic E-state index is 11.9. The molecule has 0 saturated heterocycles. The van der Waals surface area contributed by atoms with Crippen molar-refractivity contribution < 1.29 is 14.3 Å². The molecule has 3 aromatic rings. The Labute approximate surface area is 140 Å². The summed E-state index contributed by atoms with van der Waals surface area (Å²) in [5, 5.41) is 4.07. The molecule has 5 heteroatoms. The van der Waals surface area contributed by atoms with Gasteiger partial charge in [0.05, 0.1) is 7.11 Å². The van der Waals surface area contributed by atoms with E-state index in [0.717, 1.165) is 5.52 Å². The molecule has 1 aromatic heterocycles. The molecule has 1 heterocycles. The number of fused-ring (bicyclic) bond motifs is 1. The predicted molar refractivity (Wildman–Crippen MR) is 93.4 cm³/mol. The highest BCUT2D eigenvalue weighted by Crippen LogP contribution is 2.25. The van der Waals surface area contributed by atoms with Crippen LogP contribution < -0.4 is 14.8 Å². The summed E-state index contributed by atoms with van der Waals surface area (Å²) in [6.45, 7) is 1.23. The van der Waals surface area contributed by atoms with Gasteiger partial charge in [0.25, 0.3) is 5.91 Å². The molecule has 1 N–H and O–H groups in total. The second-order valence-corrected chi connectivity index (χ2v) is 5.36. The number of nitrogens with zero attached hydrogens (tertiary/aromatic N) is 1.